The minimum absolute atomic E-state index is 0.204. The molecule has 1 aromatic heterocycles. The van der Waals surface area contributed by atoms with Crippen molar-refractivity contribution in [1.82, 2.24) is 9.78 Å². The summed E-state index contributed by atoms with van der Waals surface area (Å²) < 4.78 is 6.72. The van der Waals surface area contributed by atoms with Gasteiger partial charge in [0.25, 0.3) is 0 Å². The van der Waals surface area contributed by atoms with Crippen LogP contribution in [0.15, 0.2) is 30.5 Å². The van der Waals surface area contributed by atoms with Gasteiger partial charge in [0.1, 0.15) is 11.3 Å². The predicted molar refractivity (Wildman–Crippen MR) is 82.8 cm³/mol. The van der Waals surface area contributed by atoms with Gasteiger partial charge in [0, 0.05) is 5.02 Å². The summed E-state index contributed by atoms with van der Waals surface area (Å²) in [4.78, 5) is 11.7. The van der Waals surface area contributed by atoms with Crippen molar-refractivity contribution in [2.45, 2.75) is 26.4 Å². The largest absolute Gasteiger partial charge is 0.444 e. The SMILES string of the molecule is CC(C)(C)OC(=O)Nc1cn(-c2ccc(Cl)cc2)nc1N. The number of hydrogen-bond donors (Lipinski definition) is 2. The van der Waals surface area contributed by atoms with Gasteiger partial charge in [0.2, 0.25) is 0 Å². The summed E-state index contributed by atoms with van der Waals surface area (Å²) in [5.41, 5.74) is 6.38. The van der Waals surface area contributed by atoms with Crippen molar-refractivity contribution >= 4 is 29.2 Å². The molecule has 0 aliphatic heterocycles. The Labute approximate surface area is 127 Å². The molecule has 7 heteroatoms. The summed E-state index contributed by atoms with van der Waals surface area (Å²) in [5.74, 6) is 0.204. The summed E-state index contributed by atoms with van der Waals surface area (Å²) in [6, 6.07) is 7.09. The number of nitrogen functional groups attached to an aromatic ring is 1. The van der Waals surface area contributed by atoms with Crippen LogP contribution in [0.3, 0.4) is 0 Å². The van der Waals surface area contributed by atoms with Crippen molar-refractivity contribution in [3.8, 4) is 5.69 Å². The van der Waals surface area contributed by atoms with Gasteiger partial charge in [0.15, 0.2) is 5.82 Å². The van der Waals surface area contributed by atoms with E-state index in [4.69, 9.17) is 22.1 Å². The van der Waals surface area contributed by atoms with Crippen LogP contribution in [0.4, 0.5) is 16.3 Å². The van der Waals surface area contributed by atoms with Crippen LogP contribution in [0.5, 0.6) is 0 Å². The Morgan fingerprint density at radius 1 is 1.33 bits per heavy atom. The minimum Gasteiger partial charge on any atom is -0.444 e. The molecule has 1 amide bonds. The van der Waals surface area contributed by atoms with Crippen molar-refractivity contribution in [3.05, 3.63) is 35.5 Å². The number of amides is 1. The normalized spacial score (nSPS) is 11.2. The molecule has 0 saturated heterocycles. The Morgan fingerprint density at radius 3 is 2.52 bits per heavy atom. The number of benzene rings is 1. The van der Waals surface area contributed by atoms with Crippen LogP contribution in [-0.4, -0.2) is 21.5 Å². The first-order chi connectivity index (χ1) is 9.74. The van der Waals surface area contributed by atoms with E-state index in [1.807, 2.05) is 0 Å². The number of ether oxygens (including phenoxy) is 1. The number of carbonyl (C=O) groups excluding carboxylic acids is 1. The molecule has 6 nitrogen and oxygen atoms in total. The van der Waals surface area contributed by atoms with E-state index in [0.717, 1.165) is 5.69 Å². The van der Waals surface area contributed by atoms with Crippen LogP contribution in [0.2, 0.25) is 5.02 Å². The van der Waals surface area contributed by atoms with Gasteiger partial charge in [-0.15, -0.1) is 5.10 Å². The standard InChI is InChI=1S/C14H17ClN4O2/c1-14(2,3)21-13(20)17-11-8-19(18-12(11)16)10-6-4-9(15)5-7-10/h4-8H,1-3H3,(H2,16,18)(H,17,20). The zero-order valence-corrected chi connectivity index (χ0v) is 12.8. The Bertz CT molecular complexity index is 644. The van der Waals surface area contributed by atoms with E-state index in [9.17, 15) is 4.79 Å². The number of aromatic nitrogens is 2. The number of nitrogens with one attached hydrogen (secondary N) is 1. The van der Waals surface area contributed by atoms with Crippen molar-refractivity contribution < 1.29 is 9.53 Å². The lowest BCUT2D eigenvalue weighted by molar-refractivity contribution is 0.0636. The third-order valence-corrected chi connectivity index (χ3v) is 2.72. The Balaban J connectivity index is 2.16. The van der Waals surface area contributed by atoms with Crippen LogP contribution >= 0.6 is 11.6 Å². The second-order valence-electron chi connectivity index (χ2n) is 5.48. The molecule has 112 valence electrons. The predicted octanol–water partition coefficient (Wildman–Crippen LogP) is 3.45. The van der Waals surface area contributed by atoms with Crippen molar-refractivity contribution in [3.63, 3.8) is 0 Å². The zero-order valence-electron chi connectivity index (χ0n) is 12.1. The van der Waals surface area contributed by atoms with Gasteiger partial charge in [-0.25, -0.2) is 9.48 Å². The number of hydrogen-bond acceptors (Lipinski definition) is 4. The lowest BCUT2D eigenvalue weighted by Crippen LogP contribution is -2.27. The second-order valence-corrected chi connectivity index (χ2v) is 5.91. The molecule has 0 saturated carbocycles. The average Bonchev–Trinajstić information content (AvgIpc) is 2.69. The lowest BCUT2D eigenvalue weighted by Gasteiger charge is -2.19. The van der Waals surface area contributed by atoms with Crippen LogP contribution in [-0.2, 0) is 4.74 Å². The molecular weight excluding hydrogens is 292 g/mol. The third-order valence-electron chi connectivity index (χ3n) is 2.47. The van der Waals surface area contributed by atoms with E-state index in [0.29, 0.717) is 10.7 Å². The van der Waals surface area contributed by atoms with Gasteiger partial charge in [-0.05, 0) is 45.0 Å². The topological polar surface area (TPSA) is 82.2 Å². The maximum Gasteiger partial charge on any atom is 0.412 e. The molecule has 1 heterocycles. The lowest BCUT2D eigenvalue weighted by atomic mass is 10.2. The second kappa shape index (κ2) is 5.65. The number of nitrogens with zero attached hydrogens (tertiary/aromatic N) is 2. The fraction of sp³-hybridized carbons (Fsp3) is 0.286. The molecule has 0 radical (unpaired) electrons. The maximum atomic E-state index is 11.7. The smallest absolute Gasteiger partial charge is 0.412 e. The molecule has 0 unspecified atom stereocenters. The van der Waals surface area contributed by atoms with Crippen LogP contribution in [0.1, 0.15) is 20.8 Å². The maximum absolute atomic E-state index is 11.7. The molecular formula is C14H17ClN4O2. The minimum atomic E-state index is -0.579. The van der Waals surface area contributed by atoms with Gasteiger partial charge in [0.05, 0.1) is 11.9 Å². The van der Waals surface area contributed by atoms with E-state index < -0.39 is 11.7 Å². The summed E-state index contributed by atoms with van der Waals surface area (Å²) in [6.07, 6.45) is 1.03. The molecule has 2 aromatic rings. The highest BCUT2D eigenvalue weighted by atomic mass is 35.5. The number of halogens is 1. The zero-order chi connectivity index (χ0) is 15.6. The molecule has 0 atom stereocenters. The molecule has 3 N–H and O–H groups in total. The molecule has 2 rings (SSSR count). The van der Waals surface area contributed by atoms with Crippen molar-refractivity contribution in [2.24, 2.45) is 0 Å². The number of carbonyl (C=O) groups is 1. The first-order valence-electron chi connectivity index (χ1n) is 6.36. The van der Waals surface area contributed by atoms with E-state index in [1.165, 1.54) is 0 Å². The van der Waals surface area contributed by atoms with Gasteiger partial charge in [-0.3, -0.25) is 5.32 Å². The van der Waals surface area contributed by atoms with Crippen molar-refractivity contribution in [2.75, 3.05) is 11.1 Å². The van der Waals surface area contributed by atoms with Gasteiger partial charge in [-0.1, -0.05) is 11.6 Å². The highest BCUT2D eigenvalue weighted by Crippen LogP contribution is 2.21. The number of nitrogens with two attached hydrogens (primary N) is 1. The summed E-state index contributed by atoms with van der Waals surface area (Å²) in [6.45, 7) is 5.35. The monoisotopic (exact) mass is 308 g/mol. The fourth-order valence-corrected chi connectivity index (χ4v) is 1.75. The number of anilines is 2. The molecule has 0 aliphatic carbocycles. The number of rotatable bonds is 2. The Kier molecular flexibility index (Phi) is 4.09. The first kappa shape index (κ1) is 15.2. The average molecular weight is 309 g/mol. The van der Waals surface area contributed by atoms with E-state index in [-0.39, 0.29) is 5.82 Å². The summed E-state index contributed by atoms with van der Waals surface area (Å²) in [5, 5.41) is 7.34. The molecule has 0 spiro atoms. The van der Waals surface area contributed by atoms with Crippen LogP contribution < -0.4 is 11.1 Å². The Hall–Kier alpha value is -2.21. The first-order valence-corrected chi connectivity index (χ1v) is 6.73. The molecule has 21 heavy (non-hydrogen) atoms. The molecule has 0 fully saturated rings. The third kappa shape index (κ3) is 4.13. The highest BCUT2D eigenvalue weighted by molar-refractivity contribution is 6.30. The van der Waals surface area contributed by atoms with E-state index in [1.54, 1.807) is 55.9 Å². The molecule has 1 aromatic carbocycles. The van der Waals surface area contributed by atoms with Gasteiger partial charge in [-0.2, -0.15) is 0 Å². The van der Waals surface area contributed by atoms with Crippen LogP contribution in [0, 0.1) is 0 Å². The summed E-state index contributed by atoms with van der Waals surface area (Å²) >= 11 is 5.84. The highest BCUT2D eigenvalue weighted by Gasteiger charge is 2.18. The van der Waals surface area contributed by atoms with Crippen molar-refractivity contribution in [1.29, 1.82) is 0 Å². The molecule has 0 aliphatic rings. The Morgan fingerprint density at radius 2 is 1.95 bits per heavy atom. The summed E-state index contributed by atoms with van der Waals surface area (Å²) in [7, 11) is 0. The quantitative estimate of drug-likeness (QED) is 0.890. The van der Waals surface area contributed by atoms with Crippen LogP contribution in [0.25, 0.3) is 5.69 Å². The molecule has 0 bridgehead atoms. The van der Waals surface area contributed by atoms with E-state index in [2.05, 4.69) is 10.4 Å². The van der Waals surface area contributed by atoms with Gasteiger partial charge >= 0.3 is 6.09 Å². The van der Waals surface area contributed by atoms with E-state index >= 15 is 0 Å². The fourth-order valence-electron chi connectivity index (χ4n) is 1.62. The van der Waals surface area contributed by atoms with Gasteiger partial charge < -0.3 is 10.5 Å².